The molecule has 0 aliphatic carbocycles. The average Bonchev–Trinajstić information content (AvgIpc) is 2.47. The van der Waals surface area contributed by atoms with Gasteiger partial charge in [0, 0.05) is 6.04 Å². The van der Waals surface area contributed by atoms with Crippen molar-refractivity contribution < 1.29 is 9.47 Å². The first-order valence-electron chi connectivity index (χ1n) is 6.89. The number of rotatable bonds is 6. The van der Waals surface area contributed by atoms with Crippen molar-refractivity contribution in [3.05, 3.63) is 59.7 Å². The standard InChI is InChI=1S/C17H21NO2.ClH/c1-3-19-17-11-15(13(2)18)9-10-16(17)20-12-14-7-5-4-6-8-14;/h4-11,13H,3,12,18H2,1-2H3;1H/t13-;/m0./s1. The smallest absolute Gasteiger partial charge is 0.161 e. The van der Waals surface area contributed by atoms with Gasteiger partial charge in [-0.2, -0.15) is 0 Å². The molecule has 2 rings (SSSR count). The van der Waals surface area contributed by atoms with Crippen molar-refractivity contribution in [1.29, 1.82) is 0 Å². The Morgan fingerprint density at radius 1 is 1.00 bits per heavy atom. The summed E-state index contributed by atoms with van der Waals surface area (Å²) in [6.45, 7) is 5.04. The van der Waals surface area contributed by atoms with Crippen molar-refractivity contribution in [2.24, 2.45) is 5.73 Å². The molecule has 0 radical (unpaired) electrons. The second-order valence-corrected chi connectivity index (χ2v) is 4.70. The third-order valence-corrected chi connectivity index (χ3v) is 3.03. The van der Waals surface area contributed by atoms with Crippen molar-refractivity contribution in [3.63, 3.8) is 0 Å². The molecule has 0 unspecified atom stereocenters. The molecule has 0 fully saturated rings. The monoisotopic (exact) mass is 307 g/mol. The second kappa shape index (κ2) is 8.55. The van der Waals surface area contributed by atoms with E-state index < -0.39 is 0 Å². The summed E-state index contributed by atoms with van der Waals surface area (Å²) in [5.74, 6) is 1.50. The Kier molecular flexibility index (Phi) is 7.06. The maximum absolute atomic E-state index is 5.90. The Balaban J connectivity index is 0.00000220. The van der Waals surface area contributed by atoms with E-state index in [0.29, 0.717) is 13.2 Å². The van der Waals surface area contributed by atoms with Crippen LogP contribution in [0, 0.1) is 0 Å². The van der Waals surface area contributed by atoms with Crippen LogP contribution in [0.15, 0.2) is 48.5 Å². The van der Waals surface area contributed by atoms with Crippen molar-refractivity contribution in [2.45, 2.75) is 26.5 Å². The summed E-state index contributed by atoms with van der Waals surface area (Å²) in [5.41, 5.74) is 8.07. The first-order valence-corrected chi connectivity index (χ1v) is 6.89. The predicted octanol–water partition coefficient (Wildman–Crippen LogP) is 4.11. The third kappa shape index (κ3) is 4.96. The van der Waals surface area contributed by atoms with Gasteiger partial charge in [0.05, 0.1) is 6.61 Å². The molecule has 21 heavy (non-hydrogen) atoms. The molecule has 3 nitrogen and oxygen atoms in total. The van der Waals surface area contributed by atoms with Crippen LogP contribution in [-0.2, 0) is 6.61 Å². The molecule has 0 saturated heterocycles. The Morgan fingerprint density at radius 3 is 2.33 bits per heavy atom. The molecule has 2 aromatic carbocycles. The van der Waals surface area contributed by atoms with E-state index in [2.05, 4.69) is 0 Å². The number of hydrogen-bond acceptors (Lipinski definition) is 3. The maximum atomic E-state index is 5.90. The summed E-state index contributed by atoms with van der Waals surface area (Å²) in [4.78, 5) is 0. The van der Waals surface area contributed by atoms with Crippen LogP contribution >= 0.6 is 12.4 Å². The fraction of sp³-hybridized carbons (Fsp3) is 0.294. The Bertz CT molecular complexity index is 544. The van der Waals surface area contributed by atoms with Crippen LogP contribution in [0.2, 0.25) is 0 Å². The molecule has 0 amide bonds. The average molecular weight is 308 g/mol. The molecule has 0 aliphatic rings. The molecule has 0 bridgehead atoms. The number of ether oxygens (including phenoxy) is 2. The van der Waals surface area contributed by atoms with Crippen molar-refractivity contribution >= 4 is 12.4 Å². The number of halogens is 1. The first-order chi connectivity index (χ1) is 9.70. The largest absolute Gasteiger partial charge is 0.490 e. The number of hydrogen-bond donors (Lipinski definition) is 1. The van der Waals surface area contributed by atoms with E-state index in [4.69, 9.17) is 15.2 Å². The van der Waals surface area contributed by atoms with E-state index in [9.17, 15) is 0 Å². The number of nitrogens with two attached hydrogens (primary N) is 1. The second-order valence-electron chi connectivity index (χ2n) is 4.70. The minimum absolute atomic E-state index is 0. The highest BCUT2D eigenvalue weighted by atomic mass is 35.5. The SMILES string of the molecule is CCOc1cc([C@H](C)N)ccc1OCc1ccccc1.Cl. The molecule has 0 spiro atoms. The van der Waals surface area contributed by atoms with E-state index in [1.165, 1.54) is 0 Å². The van der Waals surface area contributed by atoms with Gasteiger partial charge in [0.2, 0.25) is 0 Å². The van der Waals surface area contributed by atoms with Crippen molar-refractivity contribution in [2.75, 3.05) is 6.61 Å². The molecular weight excluding hydrogens is 286 g/mol. The molecule has 4 heteroatoms. The van der Waals surface area contributed by atoms with Gasteiger partial charge in [-0.3, -0.25) is 0 Å². The van der Waals surface area contributed by atoms with Gasteiger partial charge in [0.25, 0.3) is 0 Å². The molecular formula is C17H22ClNO2. The van der Waals surface area contributed by atoms with E-state index in [1.807, 2.05) is 62.4 Å². The molecule has 0 aliphatic heterocycles. The lowest BCUT2D eigenvalue weighted by molar-refractivity contribution is 0.269. The van der Waals surface area contributed by atoms with Gasteiger partial charge in [0.1, 0.15) is 6.61 Å². The molecule has 2 aromatic rings. The zero-order valence-electron chi connectivity index (χ0n) is 12.4. The van der Waals surface area contributed by atoms with E-state index in [0.717, 1.165) is 22.6 Å². The van der Waals surface area contributed by atoms with Gasteiger partial charge < -0.3 is 15.2 Å². The van der Waals surface area contributed by atoms with Gasteiger partial charge in [-0.05, 0) is 37.1 Å². The normalized spacial score (nSPS) is 11.4. The summed E-state index contributed by atoms with van der Waals surface area (Å²) in [6, 6.07) is 15.9. The Morgan fingerprint density at radius 2 is 1.71 bits per heavy atom. The summed E-state index contributed by atoms with van der Waals surface area (Å²) < 4.78 is 11.5. The highest BCUT2D eigenvalue weighted by Crippen LogP contribution is 2.30. The topological polar surface area (TPSA) is 44.5 Å². The van der Waals surface area contributed by atoms with Crippen LogP contribution in [-0.4, -0.2) is 6.61 Å². The van der Waals surface area contributed by atoms with Crippen molar-refractivity contribution in [3.8, 4) is 11.5 Å². The quantitative estimate of drug-likeness (QED) is 0.873. The summed E-state index contributed by atoms with van der Waals surface area (Å²) in [6.07, 6.45) is 0. The van der Waals surface area contributed by atoms with Crippen LogP contribution < -0.4 is 15.2 Å². The van der Waals surface area contributed by atoms with Crippen molar-refractivity contribution in [1.82, 2.24) is 0 Å². The molecule has 114 valence electrons. The fourth-order valence-corrected chi connectivity index (χ4v) is 1.93. The van der Waals surface area contributed by atoms with Crippen LogP contribution in [0.5, 0.6) is 11.5 Å². The summed E-state index contributed by atoms with van der Waals surface area (Å²) >= 11 is 0. The van der Waals surface area contributed by atoms with E-state index in [-0.39, 0.29) is 18.4 Å². The third-order valence-electron chi connectivity index (χ3n) is 3.03. The van der Waals surface area contributed by atoms with Crippen LogP contribution in [0.4, 0.5) is 0 Å². The van der Waals surface area contributed by atoms with Crippen LogP contribution in [0.25, 0.3) is 0 Å². The van der Waals surface area contributed by atoms with Gasteiger partial charge >= 0.3 is 0 Å². The van der Waals surface area contributed by atoms with E-state index >= 15 is 0 Å². The van der Waals surface area contributed by atoms with Crippen LogP contribution in [0.3, 0.4) is 0 Å². The molecule has 0 heterocycles. The summed E-state index contributed by atoms with van der Waals surface area (Å²) in [5, 5.41) is 0. The highest BCUT2D eigenvalue weighted by molar-refractivity contribution is 5.85. The zero-order chi connectivity index (χ0) is 14.4. The van der Waals surface area contributed by atoms with Gasteiger partial charge in [-0.25, -0.2) is 0 Å². The molecule has 2 N–H and O–H groups in total. The highest BCUT2D eigenvalue weighted by Gasteiger charge is 2.09. The minimum atomic E-state index is -0.0163. The van der Waals surface area contributed by atoms with Crippen LogP contribution in [0.1, 0.15) is 31.0 Å². The number of benzene rings is 2. The van der Waals surface area contributed by atoms with E-state index in [1.54, 1.807) is 0 Å². The predicted molar refractivity (Wildman–Crippen MR) is 88.2 cm³/mol. The lowest BCUT2D eigenvalue weighted by Gasteiger charge is -2.14. The molecule has 0 saturated carbocycles. The Labute approximate surface area is 132 Å². The molecule has 0 aromatic heterocycles. The summed E-state index contributed by atoms with van der Waals surface area (Å²) in [7, 11) is 0. The fourth-order valence-electron chi connectivity index (χ4n) is 1.93. The first kappa shape index (κ1) is 17.3. The van der Waals surface area contributed by atoms with Gasteiger partial charge in [-0.15, -0.1) is 12.4 Å². The van der Waals surface area contributed by atoms with Gasteiger partial charge in [-0.1, -0.05) is 36.4 Å². The lowest BCUT2D eigenvalue weighted by atomic mass is 10.1. The lowest BCUT2D eigenvalue weighted by Crippen LogP contribution is -2.06. The molecule has 1 atom stereocenters. The zero-order valence-corrected chi connectivity index (χ0v) is 13.2. The maximum Gasteiger partial charge on any atom is 0.161 e. The Hall–Kier alpha value is -1.71. The van der Waals surface area contributed by atoms with Gasteiger partial charge in [0.15, 0.2) is 11.5 Å². The minimum Gasteiger partial charge on any atom is -0.490 e.